The van der Waals surface area contributed by atoms with Gasteiger partial charge in [0.2, 0.25) is 0 Å². The van der Waals surface area contributed by atoms with Crippen LogP contribution >= 0.6 is 0 Å². The minimum atomic E-state index is -0.706. The molecule has 0 aliphatic carbocycles. The second kappa shape index (κ2) is 6.82. The van der Waals surface area contributed by atoms with Gasteiger partial charge < -0.3 is 19.3 Å². The maximum atomic E-state index is 11.8. The molecule has 0 bridgehead atoms. The van der Waals surface area contributed by atoms with Crippen molar-refractivity contribution >= 4 is 11.9 Å². The lowest BCUT2D eigenvalue weighted by Crippen LogP contribution is -2.36. The number of carbonyl (C=O) groups is 2. The highest BCUT2D eigenvalue weighted by Gasteiger charge is 2.40. The van der Waals surface area contributed by atoms with Crippen LogP contribution in [0.3, 0.4) is 0 Å². The number of esters is 2. The second-order valence-corrected chi connectivity index (χ2v) is 8.34. The molecule has 3 rings (SSSR count). The molecule has 1 unspecified atom stereocenters. The van der Waals surface area contributed by atoms with Crippen molar-refractivity contribution in [1.29, 1.82) is 0 Å². The lowest BCUT2D eigenvalue weighted by atomic mass is 9.83. The maximum absolute atomic E-state index is 11.8. The van der Waals surface area contributed by atoms with E-state index in [4.69, 9.17) is 14.2 Å². The first-order valence-corrected chi connectivity index (χ1v) is 9.41. The summed E-state index contributed by atoms with van der Waals surface area (Å²) in [5.74, 6) is 0.356. The van der Waals surface area contributed by atoms with E-state index in [2.05, 4.69) is 0 Å². The van der Waals surface area contributed by atoms with Crippen molar-refractivity contribution in [3.63, 3.8) is 0 Å². The van der Waals surface area contributed by atoms with Crippen molar-refractivity contribution in [2.75, 3.05) is 0 Å². The van der Waals surface area contributed by atoms with Crippen molar-refractivity contribution in [1.82, 2.24) is 0 Å². The smallest absolute Gasteiger partial charge is 0.308 e. The molecule has 0 radical (unpaired) electrons. The van der Waals surface area contributed by atoms with Gasteiger partial charge in [0, 0.05) is 36.8 Å². The van der Waals surface area contributed by atoms with Crippen LogP contribution in [0.1, 0.15) is 68.7 Å². The third kappa shape index (κ3) is 3.68. The Hall–Kier alpha value is -2.08. The Morgan fingerprint density at radius 1 is 1.30 bits per heavy atom. The molecule has 3 atom stereocenters. The molecular formula is C21H28O6. The largest absolute Gasteiger partial charge is 0.487 e. The summed E-state index contributed by atoms with van der Waals surface area (Å²) in [5.41, 5.74) is 3.24. The molecule has 2 aliphatic heterocycles. The molecule has 0 amide bonds. The monoisotopic (exact) mass is 376 g/mol. The van der Waals surface area contributed by atoms with Crippen molar-refractivity contribution in [3.8, 4) is 11.5 Å². The maximum Gasteiger partial charge on any atom is 0.308 e. The van der Waals surface area contributed by atoms with E-state index < -0.39 is 18.2 Å². The van der Waals surface area contributed by atoms with E-state index in [-0.39, 0.29) is 23.9 Å². The number of hydrogen-bond acceptors (Lipinski definition) is 6. The summed E-state index contributed by atoms with van der Waals surface area (Å²) in [7, 11) is 0. The van der Waals surface area contributed by atoms with Crippen molar-refractivity contribution in [2.24, 2.45) is 0 Å². The lowest BCUT2D eigenvalue weighted by Gasteiger charge is -2.32. The van der Waals surface area contributed by atoms with Crippen LogP contribution in [0.15, 0.2) is 0 Å². The molecule has 1 saturated heterocycles. The predicted molar refractivity (Wildman–Crippen MR) is 99.2 cm³/mol. The number of carbonyl (C=O) groups excluding carboxylic acids is 2. The first kappa shape index (κ1) is 19.7. The molecule has 0 aromatic heterocycles. The summed E-state index contributed by atoms with van der Waals surface area (Å²) in [4.78, 5) is 23.5. The van der Waals surface area contributed by atoms with E-state index in [1.165, 1.54) is 6.92 Å². The number of benzene rings is 1. The third-order valence-electron chi connectivity index (χ3n) is 5.49. The standard InChI is InChI=1S/C21H28O6/c1-10-15-9-21(5,6)27-20(15)18(12(3)19(10)25-13(4)22)11(2)16-7-14(23)8-17(24)26-16/h11,14,16,23H,7-9H2,1-6H3/t11?,14-,16+/m1/s1. The van der Waals surface area contributed by atoms with Gasteiger partial charge in [-0.05, 0) is 38.8 Å². The summed E-state index contributed by atoms with van der Waals surface area (Å²) in [5, 5.41) is 10.0. The van der Waals surface area contributed by atoms with Crippen LogP contribution in [0, 0.1) is 13.8 Å². The molecule has 2 aliphatic rings. The van der Waals surface area contributed by atoms with Crippen LogP contribution < -0.4 is 9.47 Å². The Morgan fingerprint density at radius 2 is 1.96 bits per heavy atom. The molecular weight excluding hydrogens is 348 g/mol. The number of aliphatic hydroxyl groups excluding tert-OH is 1. The van der Waals surface area contributed by atoms with Crippen LogP contribution in [0.2, 0.25) is 0 Å². The number of rotatable bonds is 3. The van der Waals surface area contributed by atoms with E-state index in [0.29, 0.717) is 18.6 Å². The summed E-state index contributed by atoms with van der Waals surface area (Å²) in [6.45, 7) is 11.2. The molecule has 6 heteroatoms. The predicted octanol–water partition coefficient (Wildman–Crippen LogP) is 3.11. The molecule has 1 aromatic carbocycles. The van der Waals surface area contributed by atoms with Gasteiger partial charge in [0.05, 0.1) is 12.5 Å². The molecule has 27 heavy (non-hydrogen) atoms. The molecule has 1 N–H and O–H groups in total. The van der Waals surface area contributed by atoms with Gasteiger partial charge in [-0.25, -0.2) is 0 Å². The number of cyclic esters (lactones) is 1. The van der Waals surface area contributed by atoms with Gasteiger partial charge in [-0.1, -0.05) is 6.92 Å². The third-order valence-corrected chi connectivity index (χ3v) is 5.49. The van der Waals surface area contributed by atoms with Crippen LogP contribution in [-0.2, 0) is 20.7 Å². The van der Waals surface area contributed by atoms with Gasteiger partial charge >= 0.3 is 11.9 Å². The average molecular weight is 376 g/mol. The van der Waals surface area contributed by atoms with Gasteiger partial charge in [-0.15, -0.1) is 0 Å². The molecule has 1 aromatic rings. The minimum Gasteiger partial charge on any atom is -0.487 e. The first-order chi connectivity index (χ1) is 12.5. The Morgan fingerprint density at radius 3 is 2.56 bits per heavy atom. The van der Waals surface area contributed by atoms with Crippen molar-refractivity contribution < 1.29 is 28.9 Å². The highest BCUT2D eigenvalue weighted by atomic mass is 16.6. The van der Waals surface area contributed by atoms with Crippen LogP contribution in [0.4, 0.5) is 0 Å². The summed E-state index contributed by atoms with van der Waals surface area (Å²) >= 11 is 0. The van der Waals surface area contributed by atoms with E-state index >= 15 is 0 Å². The number of hydrogen-bond donors (Lipinski definition) is 1. The fourth-order valence-corrected chi connectivity index (χ4v) is 4.26. The Kier molecular flexibility index (Phi) is 4.97. The van der Waals surface area contributed by atoms with Gasteiger partial charge in [0.25, 0.3) is 0 Å². The molecule has 6 nitrogen and oxygen atoms in total. The Labute approximate surface area is 159 Å². The van der Waals surface area contributed by atoms with E-state index in [0.717, 1.165) is 28.0 Å². The quantitative estimate of drug-likeness (QED) is 0.645. The zero-order valence-corrected chi connectivity index (χ0v) is 16.8. The van der Waals surface area contributed by atoms with Crippen molar-refractivity contribution in [2.45, 2.75) is 84.5 Å². The molecule has 0 saturated carbocycles. The SMILES string of the molecule is CC(=O)Oc1c(C)c2c(c(C(C)[C@@H]3C[C@@H](O)CC(=O)O3)c1C)OC(C)(C)C2. The fraction of sp³-hybridized carbons (Fsp3) is 0.619. The van der Waals surface area contributed by atoms with E-state index in [1.807, 2.05) is 34.6 Å². The van der Waals surface area contributed by atoms with E-state index in [1.54, 1.807) is 0 Å². The minimum absolute atomic E-state index is 0.0242. The van der Waals surface area contributed by atoms with Gasteiger partial charge in [-0.2, -0.15) is 0 Å². The molecule has 2 heterocycles. The zero-order valence-electron chi connectivity index (χ0n) is 16.8. The molecule has 0 spiro atoms. The van der Waals surface area contributed by atoms with Crippen LogP contribution in [0.25, 0.3) is 0 Å². The first-order valence-electron chi connectivity index (χ1n) is 9.41. The lowest BCUT2D eigenvalue weighted by molar-refractivity contribution is -0.161. The molecule has 148 valence electrons. The van der Waals surface area contributed by atoms with Gasteiger partial charge in [-0.3, -0.25) is 9.59 Å². The topological polar surface area (TPSA) is 82.1 Å². The van der Waals surface area contributed by atoms with Crippen molar-refractivity contribution in [3.05, 3.63) is 22.3 Å². The fourth-order valence-electron chi connectivity index (χ4n) is 4.26. The second-order valence-electron chi connectivity index (χ2n) is 8.34. The number of ether oxygens (including phenoxy) is 3. The summed E-state index contributed by atoms with van der Waals surface area (Å²) in [6.07, 6.45) is -0.0557. The van der Waals surface area contributed by atoms with E-state index in [9.17, 15) is 14.7 Å². The van der Waals surface area contributed by atoms with Crippen LogP contribution in [0.5, 0.6) is 11.5 Å². The average Bonchev–Trinajstić information content (AvgIpc) is 2.85. The summed E-state index contributed by atoms with van der Waals surface area (Å²) in [6, 6.07) is 0. The zero-order chi connectivity index (χ0) is 20.1. The summed E-state index contributed by atoms with van der Waals surface area (Å²) < 4.78 is 17.3. The molecule has 1 fully saturated rings. The Balaban J connectivity index is 2.12. The number of aliphatic hydroxyl groups is 1. The highest BCUT2D eigenvalue weighted by Crippen LogP contribution is 2.49. The van der Waals surface area contributed by atoms with Gasteiger partial charge in [0.15, 0.2) is 0 Å². The normalized spacial score (nSPS) is 24.6. The highest BCUT2D eigenvalue weighted by molar-refractivity contribution is 5.73. The van der Waals surface area contributed by atoms with Crippen LogP contribution in [-0.4, -0.2) is 34.9 Å². The number of fused-ring (bicyclic) bond motifs is 1. The Bertz CT molecular complexity index is 795. The van der Waals surface area contributed by atoms with Gasteiger partial charge in [0.1, 0.15) is 23.2 Å².